The smallest absolute Gasteiger partial charge is 0.236 e. The zero-order valence-electron chi connectivity index (χ0n) is 17.9. The van der Waals surface area contributed by atoms with Crippen LogP contribution < -0.4 is 0 Å². The number of likely N-dealkylation sites (tertiary alicyclic amines) is 1. The van der Waals surface area contributed by atoms with E-state index in [2.05, 4.69) is 0 Å². The first-order valence-electron chi connectivity index (χ1n) is 11.7. The van der Waals surface area contributed by atoms with Gasteiger partial charge in [-0.1, -0.05) is 73.9 Å². The van der Waals surface area contributed by atoms with Gasteiger partial charge in [-0.25, -0.2) is 0 Å². The molecule has 0 unspecified atom stereocenters. The Morgan fingerprint density at radius 3 is 2.28 bits per heavy atom. The maximum Gasteiger partial charge on any atom is 0.236 e. The van der Waals surface area contributed by atoms with Crippen molar-refractivity contribution in [2.75, 3.05) is 0 Å². The van der Waals surface area contributed by atoms with Crippen LogP contribution in [0.5, 0.6) is 0 Å². The third kappa shape index (κ3) is 2.73. The molecule has 2 aromatic rings. The van der Waals surface area contributed by atoms with Gasteiger partial charge in [-0.3, -0.25) is 19.3 Å². The molecular formula is C27H26N2O3. The van der Waals surface area contributed by atoms with Crippen LogP contribution in [-0.2, 0) is 9.59 Å². The predicted molar refractivity (Wildman–Crippen MR) is 120 cm³/mol. The van der Waals surface area contributed by atoms with E-state index in [9.17, 15) is 14.4 Å². The number of rotatable bonds is 3. The normalized spacial score (nSPS) is 29.1. The van der Waals surface area contributed by atoms with Crippen molar-refractivity contribution in [2.45, 2.75) is 50.2 Å². The fraction of sp³-hybridized carbons (Fsp3) is 0.370. The molecule has 3 heterocycles. The summed E-state index contributed by atoms with van der Waals surface area (Å²) in [5.74, 6) is -1.48. The molecule has 5 nitrogen and oxygen atoms in total. The molecule has 1 aliphatic carbocycles. The van der Waals surface area contributed by atoms with Crippen LogP contribution >= 0.6 is 0 Å². The van der Waals surface area contributed by atoms with Crippen LogP contribution in [0.1, 0.15) is 59.6 Å². The molecule has 3 fully saturated rings. The molecule has 0 N–H and O–H groups in total. The minimum absolute atomic E-state index is 0.0235. The first kappa shape index (κ1) is 19.5. The minimum atomic E-state index is -0.665. The molecule has 1 saturated carbocycles. The van der Waals surface area contributed by atoms with E-state index in [1.807, 2.05) is 59.6 Å². The van der Waals surface area contributed by atoms with Gasteiger partial charge < -0.3 is 4.90 Å². The standard InChI is InChI=1S/C27H26N2O3/c30-25(18-10-3-1-4-11-18)24-22-21(23-20-14-8-7-9-17(20)15-16-28(23)24)26(31)29(27(22)32)19-12-5-2-6-13-19/h1,3-4,7-11,14-16,19,21-24H,2,5-6,12-13H2/t21-,22+,23+,24-/m0/s1. The summed E-state index contributed by atoms with van der Waals surface area (Å²) >= 11 is 0. The third-order valence-electron chi connectivity index (χ3n) is 7.76. The highest BCUT2D eigenvalue weighted by atomic mass is 16.2. The summed E-state index contributed by atoms with van der Waals surface area (Å²) in [5.41, 5.74) is 2.66. The lowest BCUT2D eigenvalue weighted by molar-refractivity contribution is -0.144. The maximum absolute atomic E-state index is 13.8. The van der Waals surface area contributed by atoms with Gasteiger partial charge in [-0.2, -0.15) is 0 Å². The molecular weight excluding hydrogens is 400 g/mol. The first-order chi connectivity index (χ1) is 15.7. The van der Waals surface area contributed by atoms with Crippen LogP contribution in [0.15, 0.2) is 60.8 Å². The quantitative estimate of drug-likeness (QED) is 0.545. The molecule has 5 heteroatoms. The van der Waals surface area contributed by atoms with Crippen molar-refractivity contribution < 1.29 is 14.4 Å². The lowest BCUT2D eigenvalue weighted by Gasteiger charge is -2.37. The van der Waals surface area contributed by atoms with Gasteiger partial charge in [-0.05, 0) is 30.0 Å². The van der Waals surface area contributed by atoms with Crippen molar-refractivity contribution in [2.24, 2.45) is 11.8 Å². The van der Waals surface area contributed by atoms with Crippen LogP contribution in [0.25, 0.3) is 6.08 Å². The Hall–Kier alpha value is -3.21. The van der Waals surface area contributed by atoms with Gasteiger partial charge in [0, 0.05) is 17.8 Å². The van der Waals surface area contributed by atoms with Crippen molar-refractivity contribution in [3.63, 3.8) is 0 Å². The van der Waals surface area contributed by atoms with Gasteiger partial charge in [0.05, 0.1) is 17.9 Å². The van der Waals surface area contributed by atoms with Crippen molar-refractivity contribution >= 4 is 23.7 Å². The Bertz CT molecular complexity index is 1120. The van der Waals surface area contributed by atoms with E-state index < -0.39 is 17.9 Å². The highest BCUT2D eigenvalue weighted by Crippen LogP contribution is 2.53. The van der Waals surface area contributed by atoms with Crippen molar-refractivity contribution in [1.29, 1.82) is 0 Å². The number of hydrogen-bond donors (Lipinski definition) is 0. The highest BCUT2D eigenvalue weighted by Gasteiger charge is 2.65. The van der Waals surface area contributed by atoms with E-state index in [4.69, 9.17) is 0 Å². The predicted octanol–water partition coefficient (Wildman–Crippen LogP) is 4.21. The van der Waals surface area contributed by atoms with Crippen LogP contribution in [0.3, 0.4) is 0 Å². The second-order valence-electron chi connectivity index (χ2n) is 9.40. The van der Waals surface area contributed by atoms with Gasteiger partial charge >= 0.3 is 0 Å². The molecule has 32 heavy (non-hydrogen) atoms. The molecule has 0 spiro atoms. The van der Waals surface area contributed by atoms with Gasteiger partial charge in [0.1, 0.15) is 6.04 Å². The number of carbonyl (C=O) groups is 3. The number of carbonyl (C=O) groups excluding carboxylic acids is 3. The van der Waals surface area contributed by atoms with Crippen LogP contribution in [0, 0.1) is 11.8 Å². The zero-order chi connectivity index (χ0) is 21.8. The number of ketones is 1. The molecule has 2 aromatic carbocycles. The minimum Gasteiger partial charge on any atom is -0.358 e. The molecule has 4 atom stereocenters. The van der Waals surface area contributed by atoms with Crippen molar-refractivity contribution in [1.82, 2.24) is 9.80 Å². The van der Waals surface area contributed by atoms with Gasteiger partial charge in [0.2, 0.25) is 11.8 Å². The number of fused-ring (bicyclic) bond motifs is 5. The monoisotopic (exact) mass is 426 g/mol. The number of imide groups is 1. The highest BCUT2D eigenvalue weighted by molar-refractivity contribution is 6.12. The number of Topliss-reactive ketones (excluding diaryl/α,β-unsaturated/α-hetero) is 1. The van der Waals surface area contributed by atoms with E-state index in [1.165, 1.54) is 0 Å². The summed E-state index contributed by atoms with van der Waals surface area (Å²) in [6.45, 7) is 0. The second-order valence-corrected chi connectivity index (χ2v) is 9.40. The molecule has 3 aliphatic heterocycles. The number of nitrogens with zero attached hydrogens (tertiary/aromatic N) is 2. The Labute approximate surface area is 187 Å². The van der Waals surface area contributed by atoms with E-state index >= 15 is 0 Å². The van der Waals surface area contributed by atoms with Crippen molar-refractivity contribution in [3.8, 4) is 0 Å². The largest absolute Gasteiger partial charge is 0.358 e. The van der Waals surface area contributed by atoms with Gasteiger partial charge in [-0.15, -0.1) is 0 Å². The summed E-state index contributed by atoms with van der Waals surface area (Å²) in [6.07, 6.45) is 8.91. The average molecular weight is 427 g/mol. The summed E-state index contributed by atoms with van der Waals surface area (Å²) in [5, 5.41) is 0. The lowest BCUT2D eigenvalue weighted by atomic mass is 9.83. The average Bonchev–Trinajstić information content (AvgIpc) is 3.32. The van der Waals surface area contributed by atoms with E-state index in [0.717, 1.165) is 43.2 Å². The van der Waals surface area contributed by atoms with E-state index in [-0.39, 0.29) is 29.7 Å². The third-order valence-corrected chi connectivity index (χ3v) is 7.76. The summed E-state index contributed by atoms with van der Waals surface area (Å²) in [7, 11) is 0. The molecule has 6 rings (SSSR count). The van der Waals surface area contributed by atoms with Crippen LogP contribution in [-0.4, -0.2) is 39.5 Å². The Morgan fingerprint density at radius 1 is 0.812 bits per heavy atom. The molecule has 0 aromatic heterocycles. The number of hydrogen-bond acceptors (Lipinski definition) is 4. The van der Waals surface area contributed by atoms with Gasteiger partial charge in [0.25, 0.3) is 0 Å². The molecule has 2 amide bonds. The summed E-state index contributed by atoms with van der Waals surface area (Å²) in [6, 6.07) is 16.2. The van der Waals surface area contributed by atoms with E-state index in [0.29, 0.717) is 5.56 Å². The number of amides is 2. The number of benzene rings is 2. The fourth-order valence-electron chi connectivity index (χ4n) is 6.35. The van der Waals surface area contributed by atoms with Crippen LogP contribution in [0.4, 0.5) is 0 Å². The summed E-state index contributed by atoms with van der Waals surface area (Å²) < 4.78 is 0. The fourth-order valence-corrected chi connectivity index (χ4v) is 6.35. The van der Waals surface area contributed by atoms with Gasteiger partial charge in [0.15, 0.2) is 5.78 Å². The van der Waals surface area contributed by atoms with Crippen molar-refractivity contribution in [3.05, 3.63) is 77.5 Å². The first-order valence-corrected chi connectivity index (χ1v) is 11.7. The zero-order valence-corrected chi connectivity index (χ0v) is 17.9. The van der Waals surface area contributed by atoms with Crippen LogP contribution in [0.2, 0.25) is 0 Å². The Balaban J connectivity index is 1.47. The Morgan fingerprint density at radius 2 is 1.50 bits per heavy atom. The molecule has 4 aliphatic rings. The molecule has 0 bridgehead atoms. The summed E-state index contributed by atoms with van der Waals surface area (Å²) in [4.78, 5) is 44.9. The maximum atomic E-state index is 13.8. The second kappa shape index (κ2) is 7.44. The molecule has 162 valence electrons. The topological polar surface area (TPSA) is 57.7 Å². The SMILES string of the molecule is O=C(c1ccccc1)[C@@H]1[C@@H]2C(=O)N(C3CCCCC3)C(=O)[C@@H]2[C@H]2c3ccccc3C=CN12. The van der Waals surface area contributed by atoms with E-state index in [1.54, 1.807) is 17.0 Å². The lowest BCUT2D eigenvalue weighted by Crippen LogP contribution is -2.47. The molecule has 2 saturated heterocycles. The molecule has 0 radical (unpaired) electrons. The Kier molecular flexibility index (Phi) is 4.53.